The van der Waals surface area contributed by atoms with Gasteiger partial charge in [0.25, 0.3) is 0 Å². The summed E-state index contributed by atoms with van der Waals surface area (Å²) in [6.45, 7) is 0. The molecule has 1 aliphatic carbocycles. The lowest BCUT2D eigenvalue weighted by Crippen LogP contribution is -2.29. The third kappa shape index (κ3) is 4.20. The highest BCUT2D eigenvalue weighted by atomic mass is 16.3. The van der Waals surface area contributed by atoms with Crippen molar-refractivity contribution in [3.8, 4) is 33.4 Å². The van der Waals surface area contributed by atoms with Gasteiger partial charge in [0.2, 0.25) is 0 Å². The highest BCUT2D eigenvalue weighted by Gasteiger charge is 2.48. The molecule has 1 aromatic heterocycles. The molecular weight excluding hydrogens is 701 g/mol. The Morgan fingerprint density at radius 2 is 0.914 bits per heavy atom. The second-order valence-electron chi connectivity index (χ2n) is 15.9. The van der Waals surface area contributed by atoms with Crippen molar-refractivity contribution in [2.75, 3.05) is 0 Å². The molecular formula is C57H34O. The van der Waals surface area contributed by atoms with Crippen LogP contribution in [0.1, 0.15) is 22.3 Å². The number of rotatable bonds is 4. The van der Waals surface area contributed by atoms with Gasteiger partial charge in [-0.2, -0.15) is 0 Å². The van der Waals surface area contributed by atoms with Gasteiger partial charge in [0.15, 0.2) is 0 Å². The van der Waals surface area contributed by atoms with Crippen LogP contribution < -0.4 is 0 Å². The SMILES string of the molecule is c1ccc(C2(c3ccccc3)c3cc(-c4ccc5ccc6cccc7ccc4c5c67)ccc3-c3c(-c4ccc5oc6ccccc6c5c4)cc4ccccc4c32)cc1. The molecule has 1 nitrogen and oxygen atoms in total. The summed E-state index contributed by atoms with van der Waals surface area (Å²) in [6, 6.07) is 76.7. The molecule has 0 bridgehead atoms. The molecule has 0 atom stereocenters. The van der Waals surface area contributed by atoms with Crippen LogP contribution in [-0.2, 0) is 5.41 Å². The summed E-state index contributed by atoms with van der Waals surface area (Å²) in [4.78, 5) is 0. The lowest BCUT2D eigenvalue weighted by molar-refractivity contribution is 0.669. The topological polar surface area (TPSA) is 13.1 Å². The summed E-state index contributed by atoms with van der Waals surface area (Å²) in [5, 5.41) is 12.6. The molecule has 13 rings (SSSR count). The molecule has 0 unspecified atom stereocenters. The van der Waals surface area contributed by atoms with Gasteiger partial charge in [0, 0.05) is 10.8 Å². The number of para-hydroxylation sites is 1. The maximum atomic E-state index is 6.33. The van der Waals surface area contributed by atoms with E-state index in [0.29, 0.717) is 0 Å². The van der Waals surface area contributed by atoms with Crippen molar-refractivity contribution in [3.63, 3.8) is 0 Å². The van der Waals surface area contributed by atoms with Gasteiger partial charge in [-0.05, 0) is 129 Å². The predicted octanol–water partition coefficient (Wildman–Crippen LogP) is 15.3. The van der Waals surface area contributed by atoms with Crippen molar-refractivity contribution in [2.45, 2.75) is 5.41 Å². The van der Waals surface area contributed by atoms with E-state index in [1.807, 2.05) is 6.07 Å². The van der Waals surface area contributed by atoms with Crippen LogP contribution >= 0.6 is 0 Å². The van der Waals surface area contributed by atoms with E-state index in [1.54, 1.807) is 0 Å². The number of fused-ring (bicyclic) bond motifs is 8. The molecule has 0 fully saturated rings. The summed E-state index contributed by atoms with van der Waals surface area (Å²) in [7, 11) is 0. The van der Waals surface area contributed by atoms with Crippen molar-refractivity contribution in [1.29, 1.82) is 0 Å². The number of furan rings is 1. The monoisotopic (exact) mass is 734 g/mol. The Bertz CT molecular complexity index is 3550. The van der Waals surface area contributed by atoms with Gasteiger partial charge in [-0.3, -0.25) is 0 Å². The van der Waals surface area contributed by atoms with Crippen LogP contribution in [0, 0.1) is 0 Å². The van der Waals surface area contributed by atoms with Crippen LogP contribution in [0.3, 0.4) is 0 Å². The zero-order chi connectivity index (χ0) is 38.0. The lowest BCUT2D eigenvalue weighted by atomic mass is 9.66. The molecule has 0 aliphatic heterocycles. The van der Waals surface area contributed by atoms with E-state index in [-0.39, 0.29) is 0 Å². The second-order valence-corrected chi connectivity index (χ2v) is 15.9. The first-order valence-corrected chi connectivity index (χ1v) is 20.2. The minimum atomic E-state index is -0.602. The zero-order valence-electron chi connectivity index (χ0n) is 31.5. The maximum absolute atomic E-state index is 6.33. The minimum absolute atomic E-state index is 0.602. The average molecular weight is 735 g/mol. The predicted molar refractivity (Wildman–Crippen MR) is 243 cm³/mol. The molecule has 0 N–H and O–H groups in total. The molecule has 0 radical (unpaired) electrons. The first-order valence-electron chi connectivity index (χ1n) is 20.2. The molecule has 268 valence electrons. The van der Waals surface area contributed by atoms with Gasteiger partial charge in [0.05, 0.1) is 5.41 Å². The molecule has 0 saturated heterocycles. The fourth-order valence-corrected chi connectivity index (χ4v) is 10.6. The molecule has 0 amide bonds. The van der Waals surface area contributed by atoms with E-state index >= 15 is 0 Å². The zero-order valence-corrected chi connectivity index (χ0v) is 31.5. The summed E-state index contributed by atoms with van der Waals surface area (Å²) in [5.41, 5.74) is 13.8. The molecule has 1 aliphatic rings. The van der Waals surface area contributed by atoms with E-state index < -0.39 is 5.41 Å². The first-order chi connectivity index (χ1) is 28.8. The second kappa shape index (κ2) is 11.8. The van der Waals surface area contributed by atoms with Crippen molar-refractivity contribution < 1.29 is 4.42 Å². The Balaban J connectivity index is 1.17. The maximum Gasteiger partial charge on any atom is 0.135 e. The molecule has 12 aromatic rings. The van der Waals surface area contributed by atoms with Gasteiger partial charge >= 0.3 is 0 Å². The van der Waals surface area contributed by atoms with E-state index in [2.05, 4.69) is 200 Å². The van der Waals surface area contributed by atoms with E-state index in [1.165, 1.54) is 98.7 Å². The third-order valence-corrected chi connectivity index (χ3v) is 13.1. The van der Waals surface area contributed by atoms with Crippen LogP contribution in [0.25, 0.3) is 98.4 Å². The van der Waals surface area contributed by atoms with Gasteiger partial charge in [0.1, 0.15) is 11.2 Å². The highest BCUT2D eigenvalue weighted by Crippen LogP contribution is 2.61. The lowest BCUT2D eigenvalue weighted by Gasteiger charge is -2.35. The smallest absolute Gasteiger partial charge is 0.135 e. The number of benzene rings is 11. The van der Waals surface area contributed by atoms with E-state index in [4.69, 9.17) is 4.42 Å². The molecule has 11 aromatic carbocycles. The van der Waals surface area contributed by atoms with Gasteiger partial charge < -0.3 is 4.42 Å². The standard InChI is InChI=1S/C57H34O/c1-3-15-41(16-4-1)57(42-17-5-2-6-18-42)50-34-40(43-28-24-37-23-22-35-13-11-14-36-25-29-46(43)54(37)53(35)36)26-30-47(50)55-48(32-38-12-7-8-19-44(38)56(55)57)39-27-31-52-49(33-39)45-20-9-10-21-51(45)58-52/h1-34H. The van der Waals surface area contributed by atoms with E-state index in [9.17, 15) is 0 Å². The Kier molecular flexibility index (Phi) is 6.43. The first kappa shape index (κ1) is 31.7. The van der Waals surface area contributed by atoms with Gasteiger partial charge in [-0.25, -0.2) is 0 Å². The fraction of sp³-hybridized carbons (Fsp3) is 0.0175. The Morgan fingerprint density at radius 1 is 0.328 bits per heavy atom. The van der Waals surface area contributed by atoms with Gasteiger partial charge in [-0.1, -0.05) is 176 Å². The van der Waals surface area contributed by atoms with Crippen molar-refractivity contribution in [1.82, 2.24) is 0 Å². The summed E-state index contributed by atoms with van der Waals surface area (Å²) >= 11 is 0. The van der Waals surface area contributed by atoms with Crippen LogP contribution in [0.5, 0.6) is 0 Å². The minimum Gasteiger partial charge on any atom is -0.456 e. The fourth-order valence-electron chi connectivity index (χ4n) is 10.6. The third-order valence-electron chi connectivity index (χ3n) is 13.1. The van der Waals surface area contributed by atoms with Crippen molar-refractivity contribution in [3.05, 3.63) is 229 Å². The van der Waals surface area contributed by atoms with Crippen LogP contribution in [0.4, 0.5) is 0 Å². The Hall–Kier alpha value is -7.48. The Labute approximate surface area is 335 Å². The summed E-state index contributed by atoms with van der Waals surface area (Å²) in [5.74, 6) is 0. The summed E-state index contributed by atoms with van der Waals surface area (Å²) < 4.78 is 6.33. The number of hydrogen-bond donors (Lipinski definition) is 0. The largest absolute Gasteiger partial charge is 0.456 e. The van der Waals surface area contributed by atoms with Gasteiger partial charge in [-0.15, -0.1) is 0 Å². The normalized spacial score (nSPS) is 13.3. The van der Waals surface area contributed by atoms with Crippen LogP contribution in [0.15, 0.2) is 211 Å². The van der Waals surface area contributed by atoms with E-state index in [0.717, 1.165) is 21.9 Å². The average Bonchev–Trinajstić information content (AvgIpc) is 3.82. The quantitative estimate of drug-likeness (QED) is 0.164. The Morgan fingerprint density at radius 3 is 1.71 bits per heavy atom. The molecule has 58 heavy (non-hydrogen) atoms. The van der Waals surface area contributed by atoms with Crippen molar-refractivity contribution in [2.24, 2.45) is 0 Å². The molecule has 1 heterocycles. The number of hydrogen-bond acceptors (Lipinski definition) is 1. The highest BCUT2D eigenvalue weighted by molar-refractivity contribution is 6.25. The molecule has 0 spiro atoms. The molecule has 0 saturated carbocycles. The van der Waals surface area contributed by atoms with Crippen LogP contribution in [0.2, 0.25) is 0 Å². The molecule has 1 heteroatoms. The summed E-state index contributed by atoms with van der Waals surface area (Å²) in [6.07, 6.45) is 0. The van der Waals surface area contributed by atoms with Crippen molar-refractivity contribution >= 4 is 65.0 Å². The van der Waals surface area contributed by atoms with Crippen LogP contribution in [-0.4, -0.2) is 0 Å².